The van der Waals surface area contributed by atoms with Gasteiger partial charge in [0.1, 0.15) is 5.01 Å². The average molecular weight is 692 g/mol. The molecule has 1 nitrogen and oxygen atoms in total. The van der Waals surface area contributed by atoms with Crippen LogP contribution in [0.2, 0.25) is 0 Å². The van der Waals surface area contributed by atoms with Crippen molar-refractivity contribution in [2.45, 2.75) is 57.8 Å². The monoisotopic (exact) mass is 691 g/mol. The van der Waals surface area contributed by atoms with Gasteiger partial charge < -0.3 is 0 Å². The normalized spacial score (nSPS) is 16.5. The minimum absolute atomic E-state index is 0.0947. The lowest BCUT2D eigenvalue weighted by atomic mass is 9.78. The van der Waals surface area contributed by atoms with Gasteiger partial charge in [0.2, 0.25) is 0 Å². The van der Waals surface area contributed by atoms with Crippen LogP contribution in [0.4, 0.5) is 0 Å². The zero-order valence-electron chi connectivity index (χ0n) is 29.7. The Kier molecular flexibility index (Phi) is 5.70. The van der Waals surface area contributed by atoms with Gasteiger partial charge in [0.25, 0.3) is 0 Å². The maximum atomic E-state index is 5.00. The van der Waals surface area contributed by atoms with Gasteiger partial charge in [0, 0.05) is 31.4 Å². The number of hydrogen-bond donors (Lipinski definition) is 0. The lowest BCUT2D eigenvalue weighted by molar-refractivity contribution is 0.649. The van der Waals surface area contributed by atoms with Crippen LogP contribution in [-0.4, -0.2) is 4.98 Å². The number of rotatable bonds is 2. The lowest BCUT2D eigenvalue weighted by Crippen LogP contribution is -2.17. The minimum atomic E-state index is -0.117. The summed E-state index contributed by atoms with van der Waals surface area (Å²) in [6.45, 7) is 14.5. The average Bonchev–Trinajstić information content (AvgIpc) is 3.90. The molecule has 2 aromatic heterocycles. The van der Waals surface area contributed by atoms with Crippen LogP contribution in [0.1, 0.15) is 74.9 Å². The van der Waals surface area contributed by atoms with Gasteiger partial charge in [-0.2, -0.15) is 0 Å². The Balaban J connectivity index is 1.02. The van der Waals surface area contributed by atoms with E-state index in [0.29, 0.717) is 0 Å². The van der Waals surface area contributed by atoms with Crippen molar-refractivity contribution in [1.29, 1.82) is 0 Å². The first-order valence-corrected chi connectivity index (χ1v) is 19.7. The third kappa shape index (κ3) is 3.89. The maximum Gasteiger partial charge on any atom is 0.124 e. The van der Waals surface area contributed by atoms with E-state index in [1.807, 2.05) is 11.3 Å². The van der Waals surface area contributed by atoms with E-state index in [2.05, 4.69) is 157 Å². The summed E-state index contributed by atoms with van der Waals surface area (Å²) in [5, 5.41) is 2.42. The van der Waals surface area contributed by atoms with Crippen molar-refractivity contribution in [3.63, 3.8) is 0 Å². The molecule has 0 spiro atoms. The van der Waals surface area contributed by atoms with Crippen LogP contribution >= 0.6 is 22.7 Å². The molecular weight excluding hydrogens is 655 g/mol. The molecule has 11 rings (SSSR count). The number of thiophene rings is 1. The minimum Gasteiger partial charge on any atom is -0.236 e. The lowest BCUT2D eigenvalue weighted by Gasteiger charge is -2.25. The van der Waals surface area contributed by atoms with Gasteiger partial charge in [-0.05, 0) is 138 Å². The number of benzene rings is 6. The fourth-order valence-electron chi connectivity index (χ4n) is 9.59. The van der Waals surface area contributed by atoms with Gasteiger partial charge >= 0.3 is 0 Å². The smallest absolute Gasteiger partial charge is 0.124 e. The molecule has 0 amide bonds. The van der Waals surface area contributed by atoms with Crippen molar-refractivity contribution in [3.05, 3.63) is 149 Å². The molecule has 0 aliphatic heterocycles. The van der Waals surface area contributed by atoms with E-state index in [1.54, 1.807) is 11.3 Å². The van der Waals surface area contributed by atoms with E-state index in [1.165, 1.54) is 97.6 Å². The summed E-state index contributed by atoms with van der Waals surface area (Å²) in [6.07, 6.45) is 0. The molecule has 3 heteroatoms. The van der Waals surface area contributed by atoms with Gasteiger partial charge in [0.05, 0.1) is 10.2 Å². The Bertz CT molecular complexity index is 2580. The van der Waals surface area contributed by atoms with E-state index in [9.17, 15) is 0 Å². The van der Waals surface area contributed by atoms with Crippen LogP contribution in [0, 0.1) is 0 Å². The van der Waals surface area contributed by atoms with Crippen LogP contribution in [0.25, 0.3) is 74.7 Å². The molecule has 0 saturated heterocycles. The Labute approximate surface area is 307 Å². The zero-order chi connectivity index (χ0) is 34.6. The molecule has 51 heavy (non-hydrogen) atoms. The molecule has 3 aliphatic rings. The fraction of sp³-hybridized carbons (Fsp3) is 0.188. The molecule has 246 valence electrons. The molecular formula is C48H37NS2. The first-order chi connectivity index (χ1) is 24.5. The summed E-state index contributed by atoms with van der Waals surface area (Å²) < 4.78 is 2.58. The van der Waals surface area contributed by atoms with Crippen LogP contribution < -0.4 is 0 Å². The quantitative estimate of drug-likeness (QED) is 0.176. The van der Waals surface area contributed by atoms with Crippen molar-refractivity contribution < 1.29 is 0 Å². The van der Waals surface area contributed by atoms with Gasteiger partial charge in [-0.25, -0.2) is 4.98 Å². The first kappa shape index (κ1) is 29.9. The molecule has 0 atom stereocenters. The van der Waals surface area contributed by atoms with Crippen molar-refractivity contribution in [2.24, 2.45) is 0 Å². The van der Waals surface area contributed by atoms with Gasteiger partial charge in [-0.15, -0.1) is 22.7 Å². The highest BCUT2D eigenvalue weighted by Gasteiger charge is 2.44. The maximum absolute atomic E-state index is 5.00. The van der Waals surface area contributed by atoms with Crippen LogP contribution in [0.3, 0.4) is 0 Å². The molecule has 8 aromatic rings. The first-order valence-electron chi connectivity index (χ1n) is 18.0. The number of fused-ring (bicyclic) bond motifs is 11. The molecule has 0 unspecified atom stereocenters. The number of hydrogen-bond acceptors (Lipinski definition) is 3. The number of nitrogens with zero attached hydrogens (tertiary/aromatic N) is 1. The van der Waals surface area contributed by atoms with E-state index in [4.69, 9.17) is 4.98 Å². The van der Waals surface area contributed by atoms with Crippen LogP contribution in [0.5, 0.6) is 0 Å². The van der Waals surface area contributed by atoms with E-state index >= 15 is 0 Å². The van der Waals surface area contributed by atoms with Crippen molar-refractivity contribution in [1.82, 2.24) is 4.98 Å². The third-order valence-corrected chi connectivity index (χ3v) is 14.8. The molecule has 6 aromatic carbocycles. The highest BCUT2D eigenvalue weighted by molar-refractivity contribution is 7.22. The summed E-state index contributed by atoms with van der Waals surface area (Å²) in [6, 6.07) is 44.0. The summed E-state index contributed by atoms with van der Waals surface area (Å²) in [5.41, 5.74) is 20.2. The summed E-state index contributed by atoms with van der Waals surface area (Å²) >= 11 is 3.68. The second-order valence-corrected chi connectivity index (χ2v) is 18.5. The fourth-order valence-corrected chi connectivity index (χ4v) is 11.6. The van der Waals surface area contributed by atoms with Crippen molar-refractivity contribution in [2.75, 3.05) is 0 Å². The number of aromatic nitrogens is 1. The van der Waals surface area contributed by atoms with Crippen LogP contribution in [-0.2, 0) is 16.2 Å². The Morgan fingerprint density at radius 2 is 0.882 bits per heavy atom. The Hall–Kier alpha value is -4.83. The van der Waals surface area contributed by atoms with Crippen LogP contribution in [0.15, 0.2) is 115 Å². The predicted octanol–water partition coefficient (Wildman–Crippen LogP) is 13.8. The van der Waals surface area contributed by atoms with Gasteiger partial charge in [-0.3, -0.25) is 0 Å². The molecule has 0 radical (unpaired) electrons. The summed E-state index contributed by atoms with van der Waals surface area (Å²) in [5.74, 6) is 0. The van der Waals surface area contributed by atoms with E-state index < -0.39 is 0 Å². The molecule has 0 saturated carbocycles. The zero-order valence-corrected chi connectivity index (χ0v) is 31.4. The van der Waals surface area contributed by atoms with Gasteiger partial charge in [0.15, 0.2) is 0 Å². The molecule has 0 N–H and O–H groups in total. The Morgan fingerprint density at radius 1 is 0.412 bits per heavy atom. The number of para-hydroxylation sites is 1. The van der Waals surface area contributed by atoms with E-state index in [-0.39, 0.29) is 16.2 Å². The second-order valence-electron chi connectivity index (χ2n) is 16.4. The molecule has 0 fully saturated rings. The second kappa shape index (κ2) is 9.73. The molecule has 2 heterocycles. The molecule has 0 bridgehead atoms. The SMILES string of the molecule is CC1(C)c2cc(-c3cc4ccccc4s3)ccc2-c2cc3c(cc21)-c1cc2c(cc1C3(C)C)-c1ccc(-c3nc4ccccc4s3)cc1C2(C)C. The van der Waals surface area contributed by atoms with Crippen molar-refractivity contribution >= 4 is 43.0 Å². The highest BCUT2D eigenvalue weighted by atomic mass is 32.1. The van der Waals surface area contributed by atoms with Crippen molar-refractivity contribution in [3.8, 4) is 54.4 Å². The standard InChI is InChI=1S/C48H37NS2/c1-46(2)35-19-27(44-21-26-11-7-9-13-42(26)50-44)15-17-29(35)31-22-39-33(24-37(31)46)34-25-38-32(23-40(34)48(39,5)6)30-18-16-28(20-36(30)47(38,3)4)45-49-41-12-8-10-14-43(41)51-45/h7-25H,1-6H3. The Morgan fingerprint density at radius 3 is 1.45 bits per heavy atom. The third-order valence-electron chi connectivity index (χ3n) is 12.5. The highest BCUT2D eigenvalue weighted by Crippen LogP contribution is 2.59. The molecule has 3 aliphatic carbocycles. The number of thiazole rings is 1. The predicted molar refractivity (Wildman–Crippen MR) is 219 cm³/mol. The van der Waals surface area contributed by atoms with Gasteiger partial charge in [-0.1, -0.05) is 96.1 Å². The summed E-state index contributed by atoms with van der Waals surface area (Å²) in [4.78, 5) is 6.34. The largest absolute Gasteiger partial charge is 0.236 e. The van der Waals surface area contributed by atoms with E-state index in [0.717, 1.165) is 10.5 Å². The summed E-state index contributed by atoms with van der Waals surface area (Å²) in [7, 11) is 0. The topological polar surface area (TPSA) is 12.9 Å².